The minimum Gasteiger partial charge on any atom is -0.491 e. The molecule has 1 aromatic rings. The third-order valence-electron chi connectivity index (χ3n) is 2.96. The molecule has 1 N–H and O–H groups in total. The second-order valence-corrected chi connectivity index (χ2v) is 6.20. The van der Waals surface area contributed by atoms with E-state index in [1.54, 1.807) is 0 Å². The van der Waals surface area contributed by atoms with Gasteiger partial charge in [0.25, 0.3) is 0 Å². The van der Waals surface area contributed by atoms with Gasteiger partial charge in [-0.2, -0.15) is 11.8 Å². The van der Waals surface area contributed by atoms with Crippen LogP contribution in [0.15, 0.2) is 24.3 Å². The lowest BCUT2D eigenvalue weighted by Crippen LogP contribution is -2.38. The molecule has 19 heavy (non-hydrogen) atoms. The van der Waals surface area contributed by atoms with Crippen molar-refractivity contribution < 1.29 is 9.53 Å². The number of ether oxygens (including phenoxy) is 1. The maximum Gasteiger partial charge on any atom is 0.164 e. The summed E-state index contributed by atoms with van der Waals surface area (Å²) < 4.78 is 5.62. The molecule has 104 valence electrons. The topological polar surface area (TPSA) is 38.3 Å². The first-order valence-corrected chi connectivity index (χ1v) is 7.91. The highest BCUT2D eigenvalue weighted by Crippen LogP contribution is 2.18. The van der Waals surface area contributed by atoms with E-state index in [0.717, 1.165) is 29.4 Å². The predicted octanol–water partition coefficient (Wildman–Crippen LogP) is 2.75. The van der Waals surface area contributed by atoms with Crippen molar-refractivity contribution in [1.29, 1.82) is 0 Å². The maximum atomic E-state index is 12.2. The zero-order chi connectivity index (χ0) is 13.7. The fraction of sp³-hybridized carbons (Fsp3) is 0.533. The first-order chi connectivity index (χ1) is 9.15. The maximum absolute atomic E-state index is 12.2. The molecule has 2 rings (SSSR count). The Morgan fingerprint density at radius 1 is 1.53 bits per heavy atom. The summed E-state index contributed by atoms with van der Waals surface area (Å²) in [6, 6.07) is 7.80. The Morgan fingerprint density at radius 2 is 2.37 bits per heavy atom. The number of ketones is 1. The standard InChI is InChI=1S/C15H21NO2S/c1-11(2)18-14-5-3-4-12(8-14)15(17)9-13-10-19-7-6-16-13/h3-5,8,11,13,16H,6-7,9-10H2,1-2H3. The van der Waals surface area contributed by atoms with Gasteiger partial charge < -0.3 is 10.1 Å². The van der Waals surface area contributed by atoms with E-state index in [2.05, 4.69) is 5.32 Å². The van der Waals surface area contributed by atoms with Gasteiger partial charge in [-0.1, -0.05) is 12.1 Å². The van der Waals surface area contributed by atoms with Crippen molar-refractivity contribution in [3.05, 3.63) is 29.8 Å². The number of carbonyl (C=O) groups is 1. The molecule has 3 nitrogen and oxygen atoms in total. The van der Waals surface area contributed by atoms with Crippen molar-refractivity contribution in [2.24, 2.45) is 0 Å². The monoisotopic (exact) mass is 279 g/mol. The van der Waals surface area contributed by atoms with Gasteiger partial charge in [-0.05, 0) is 26.0 Å². The summed E-state index contributed by atoms with van der Waals surface area (Å²) in [7, 11) is 0. The minimum atomic E-state index is 0.127. The molecule has 1 aliphatic rings. The average Bonchev–Trinajstić information content (AvgIpc) is 2.39. The van der Waals surface area contributed by atoms with Crippen molar-refractivity contribution >= 4 is 17.5 Å². The lowest BCUT2D eigenvalue weighted by Gasteiger charge is -2.22. The number of hydrogen-bond donors (Lipinski definition) is 1. The van der Waals surface area contributed by atoms with E-state index in [4.69, 9.17) is 4.74 Å². The summed E-state index contributed by atoms with van der Waals surface area (Å²) >= 11 is 1.91. The molecule has 1 heterocycles. The van der Waals surface area contributed by atoms with E-state index in [0.29, 0.717) is 12.5 Å². The van der Waals surface area contributed by atoms with Gasteiger partial charge in [0.15, 0.2) is 5.78 Å². The number of rotatable bonds is 5. The minimum absolute atomic E-state index is 0.127. The number of nitrogens with one attached hydrogen (secondary N) is 1. The summed E-state index contributed by atoms with van der Waals surface area (Å²) in [6.45, 7) is 4.97. The van der Waals surface area contributed by atoms with Crippen LogP contribution in [0, 0.1) is 0 Å². The molecular formula is C15H21NO2S. The number of benzene rings is 1. The van der Waals surface area contributed by atoms with Gasteiger partial charge in [0.2, 0.25) is 0 Å². The lowest BCUT2D eigenvalue weighted by atomic mass is 10.0. The fourth-order valence-corrected chi connectivity index (χ4v) is 3.06. The smallest absolute Gasteiger partial charge is 0.164 e. The lowest BCUT2D eigenvalue weighted by molar-refractivity contribution is 0.0971. The van der Waals surface area contributed by atoms with Crippen LogP contribution in [0.5, 0.6) is 5.75 Å². The van der Waals surface area contributed by atoms with E-state index in [9.17, 15) is 4.79 Å². The summed E-state index contributed by atoms with van der Waals surface area (Å²) in [5, 5.41) is 3.39. The zero-order valence-corrected chi connectivity index (χ0v) is 12.3. The van der Waals surface area contributed by atoms with Crippen LogP contribution in [0.3, 0.4) is 0 Å². The quantitative estimate of drug-likeness (QED) is 0.841. The van der Waals surface area contributed by atoms with Gasteiger partial charge in [-0.3, -0.25) is 4.79 Å². The Balaban J connectivity index is 1.97. The van der Waals surface area contributed by atoms with Gasteiger partial charge in [0.1, 0.15) is 5.75 Å². The van der Waals surface area contributed by atoms with Gasteiger partial charge in [-0.25, -0.2) is 0 Å². The highest BCUT2D eigenvalue weighted by molar-refractivity contribution is 7.99. The first-order valence-electron chi connectivity index (χ1n) is 6.76. The third-order valence-corrected chi connectivity index (χ3v) is 4.09. The van der Waals surface area contributed by atoms with Crippen molar-refractivity contribution in [2.75, 3.05) is 18.1 Å². The van der Waals surface area contributed by atoms with E-state index in [-0.39, 0.29) is 11.9 Å². The molecule has 1 atom stereocenters. The molecule has 0 aliphatic carbocycles. The Labute approximate surface area is 119 Å². The summed E-state index contributed by atoms with van der Waals surface area (Å²) in [5.41, 5.74) is 0.746. The fourth-order valence-electron chi connectivity index (χ4n) is 2.11. The molecule has 1 fully saturated rings. The van der Waals surface area contributed by atoms with Crippen LogP contribution in [0.25, 0.3) is 0 Å². The van der Waals surface area contributed by atoms with Crippen LogP contribution >= 0.6 is 11.8 Å². The van der Waals surface area contributed by atoms with Crippen LogP contribution < -0.4 is 10.1 Å². The number of thioether (sulfide) groups is 1. The first kappa shape index (κ1) is 14.4. The number of hydrogen-bond acceptors (Lipinski definition) is 4. The van der Waals surface area contributed by atoms with Crippen LogP contribution in [-0.4, -0.2) is 36.0 Å². The molecule has 1 unspecified atom stereocenters. The largest absolute Gasteiger partial charge is 0.491 e. The highest BCUT2D eigenvalue weighted by atomic mass is 32.2. The van der Waals surface area contributed by atoms with Crippen molar-refractivity contribution in [3.8, 4) is 5.75 Å². The molecule has 0 aromatic heterocycles. The normalized spacial score (nSPS) is 19.4. The summed E-state index contributed by atoms with van der Waals surface area (Å²) in [4.78, 5) is 12.2. The van der Waals surface area contributed by atoms with Gasteiger partial charge in [0, 0.05) is 36.1 Å². The average molecular weight is 279 g/mol. The van der Waals surface area contributed by atoms with E-state index in [1.165, 1.54) is 0 Å². The third kappa shape index (κ3) is 4.55. The van der Waals surface area contributed by atoms with Crippen LogP contribution in [0.4, 0.5) is 0 Å². The second kappa shape index (κ2) is 6.96. The number of carbonyl (C=O) groups excluding carboxylic acids is 1. The molecule has 1 aliphatic heterocycles. The van der Waals surface area contributed by atoms with Crippen LogP contribution in [-0.2, 0) is 0 Å². The van der Waals surface area contributed by atoms with Crippen LogP contribution in [0.1, 0.15) is 30.6 Å². The molecular weight excluding hydrogens is 258 g/mol. The van der Waals surface area contributed by atoms with Crippen molar-refractivity contribution in [1.82, 2.24) is 5.32 Å². The Morgan fingerprint density at radius 3 is 3.05 bits per heavy atom. The molecule has 0 radical (unpaired) electrons. The van der Waals surface area contributed by atoms with Gasteiger partial charge in [-0.15, -0.1) is 0 Å². The SMILES string of the molecule is CC(C)Oc1cccc(C(=O)CC2CSCCN2)c1. The Kier molecular flexibility index (Phi) is 5.28. The van der Waals surface area contributed by atoms with Crippen molar-refractivity contribution in [2.45, 2.75) is 32.4 Å². The van der Waals surface area contributed by atoms with Crippen LogP contribution in [0.2, 0.25) is 0 Å². The second-order valence-electron chi connectivity index (χ2n) is 5.05. The van der Waals surface area contributed by atoms with E-state index < -0.39 is 0 Å². The highest BCUT2D eigenvalue weighted by Gasteiger charge is 2.18. The predicted molar refractivity (Wildman–Crippen MR) is 80.3 cm³/mol. The number of Topliss-reactive ketones (excluding diaryl/α,β-unsaturated/α-hetero) is 1. The Bertz CT molecular complexity index is 428. The molecule has 0 bridgehead atoms. The van der Waals surface area contributed by atoms with Gasteiger partial charge >= 0.3 is 0 Å². The molecule has 0 amide bonds. The molecule has 1 saturated heterocycles. The molecule has 0 spiro atoms. The zero-order valence-electron chi connectivity index (χ0n) is 11.5. The van der Waals surface area contributed by atoms with E-state index in [1.807, 2.05) is 49.9 Å². The van der Waals surface area contributed by atoms with Crippen molar-refractivity contribution in [3.63, 3.8) is 0 Å². The summed E-state index contributed by atoms with van der Waals surface area (Å²) in [5.74, 6) is 3.12. The summed E-state index contributed by atoms with van der Waals surface area (Å²) in [6.07, 6.45) is 0.694. The molecule has 4 heteroatoms. The van der Waals surface area contributed by atoms with E-state index >= 15 is 0 Å². The molecule has 0 saturated carbocycles. The Hall–Kier alpha value is -1.00. The van der Waals surface area contributed by atoms with Gasteiger partial charge in [0.05, 0.1) is 6.10 Å². The molecule has 1 aromatic carbocycles.